The molecular formula is C12H13N3OS. The molecule has 0 aliphatic carbocycles. The third-order valence-corrected chi connectivity index (χ3v) is 2.66. The molecule has 88 valence electrons. The molecule has 2 aromatic rings. The Morgan fingerprint density at radius 2 is 2.35 bits per heavy atom. The summed E-state index contributed by atoms with van der Waals surface area (Å²) in [6.45, 7) is 0.726. The summed E-state index contributed by atoms with van der Waals surface area (Å²) < 4.78 is 5.03. The van der Waals surface area contributed by atoms with Crippen LogP contribution in [0.15, 0.2) is 41.3 Å². The fraction of sp³-hybridized carbons (Fsp3) is 0.167. The minimum atomic E-state index is 0.380. The molecule has 0 aliphatic heterocycles. The summed E-state index contributed by atoms with van der Waals surface area (Å²) in [5, 5.41) is 0. The van der Waals surface area contributed by atoms with Crippen molar-refractivity contribution in [3.05, 3.63) is 48.0 Å². The highest BCUT2D eigenvalue weighted by molar-refractivity contribution is 7.80. The van der Waals surface area contributed by atoms with Gasteiger partial charge in [0.2, 0.25) is 0 Å². The highest BCUT2D eigenvalue weighted by Gasteiger charge is 2.06. The standard InChI is InChI=1S/C12H13N3OS/c1-15(7-9-3-5-16-8-9)11-6-10(12(13)17)2-4-14-11/h2-6,8H,7H2,1H3,(H2,13,17). The van der Waals surface area contributed by atoms with Gasteiger partial charge >= 0.3 is 0 Å². The number of rotatable bonds is 4. The van der Waals surface area contributed by atoms with Gasteiger partial charge in [0.15, 0.2) is 0 Å². The number of aromatic nitrogens is 1. The maximum absolute atomic E-state index is 5.59. The molecule has 0 saturated carbocycles. The highest BCUT2D eigenvalue weighted by atomic mass is 32.1. The molecule has 17 heavy (non-hydrogen) atoms. The van der Waals surface area contributed by atoms with Crippen LogP contribution in [0.2, 0.25) is 0 Å². The van der Waals surface area contributed by atoms with Crippen molar-refractivity contribution < 1.29 is 4.42 Å². The number of hydrogen-bond acceptors (Lipinski definition) is 4. The second kappa shape index (κ2) is 4.97. The molecule has 2 aromatic heterocycles. The highest BCUT2D eigenvalue weighted by Crippen LogP contribution is 2.14. The van der Waals surface area contributed by atoms with Crippen LogP contribution < -0.4 is 10.6 Å². The quantitative estimate of drug-likeness (QED) is 0.837. The summed E-state index contributed by atoms with van der Waals surface area (Å²) in [7, 11) is 1.96. The Hall–Kier alpha value is -1.88. The first-order chi connectivity index (χ1) is 8.16. The van der Waals surface area contributed by atoms with Gasteiger partial charge in [-0.2, -0.15) is 0 Å². The molecule has 0 atom stereocenters. The van der Waals surface area contributed by atoms with Crippen LogP contribution in [0.4, 0.5) is 5.82 Å². The van der Waals surface area contributed by atoms with Crippen LogP contribution in [0.5, 0.6) is 0 Å². The van der Waals surface area contributed by atoms with E-state index < -0.39 is 0 Å². The van der Waals surface area contributed by atoms with Crippen molar-refractivity contribution in [3.63, 3.8) is 0 Å². The van der Waals surface area contributed by atoms with Gasteiger partial charge in [-0.1, -0.05) is 12.2 Å². The maximum atomic E-state index is 5.59. The van der Waals surface area contributed by atoms with Gasteiger partial charge in [-0.3, -0.25) is 0 Å². The Morgan fingerprint density at radius 3 is 3.00 bits per heavy atom. The lowest BCUT2D eigenvalue weighted by Gasteiger charge is -2.17. The van der Waals surface area contributed by atoms with Crippen LogP contribution in [-0.2, 0) is 6.54 Å². The second-order valence-electron chi connectivity index (χ2n) is 3.75. The molecule has 0 aliphatic rings. The largest absolute Gasteiger partial charge is 0.472 e. The van der Waals surface area contributed by atoms with Crippen LogP contribution in [0.25, 0.3) is 0 Å². The van der Waals surface area contributed by atoms with E-state index in [9.17, 15) is 0 Å². The molecule has 4 nitrogen and oxygen atoms in total. The molecule has 0 fully saturated rings. The van der Waals surface area contributed by atoms with Gasteiger partial charge in [0.1, 0.15) is 10.8 Å². The van der Waals surface area contributed by atoms with Crippen LogP contribution in [-0.4, -0.2) is 17.0 Å². The minimum absolute atomic E-state index is 0.380. The number of pyridine rings is 1. The van der Waals surface area contributed by atoms with Crippen molar-refractivity contribution in [1.82, 2.24) is 4.98 Å². The van der Waals surface area contributed by atoms with Crippen LogP contribution in [0.1, 0.15) is 11.1 Å². The van der Waals surface area contributed by atoms with E-state index in [2.05, 4.69) is 4.98 Å². The number of hydrogen-bond donors (Lipinski definition) is 1. The normalized spacial score (nSPS) is 10.2. The van der Waals surface area contributed by atoms with E-state index in [0.717, 1.165) is 23.5 Å². The van der Waals surface area contributed by atoms with E-state index in [1.54, 1.807) is 24.8 Å². The Morgan fingerprint density at radius 1 is 1.53 bits per heavy atom. The lowest BCUT2D eigenvalue weighted by Crippen LogP contribution is -2.18. The number of furan rings is 1. The Kier molecular flexibility index (Phi) is 3.39. The second-order valence-corrected chi connectivity index (χ2v) is 4.19. The number of nitrogens with two attached hydrogens (primary N) is 1. The van der Waals surface area contributed by atoms with E-state index in [4.69, 9.17) is 22.4 Å². The monoisotopic (exact) mass is 247 g/mol. The lowest BCUT2D eigenvalue weighted by atomic mass is 10.2. The van der Waals surface area contributed by atoms with Gasteiger partial charge in [0.25, 0.3) is 0 Å². The third kappa shape index (κ3) is 2.82. The predicted molar refractivity (Wildman–Crippen MR) is 70.9 cm³/mol. The van der Waals surface area contributed by atoms with Crippen LogP contribution >= 0.6 is 12.2 Å². The van der Waals surface area contributed by atoms with E-state index >= 15 is 0 Å². The summed E-state index contributed by atoms with van der Waals surface area (Å²) in [5.74, 6) is 0.830. The van der Waals surface area contributed by atoms with E-state index in [1.807, 2.05) is 24.1 Å². The number of anilines is 1. The zero-order valence-corrected chi connectivity index (χ0v) is 10.3. The first kappa shape index (κ1) is 11.6. The molecule has 0 saturated heterocycles. The zero-order chi connectivity index (χ0) is 12.3. The van der Waals surface area contributed by atoms with Gasteiger partial charge in [-0.05, 0) is 18.2 Å². The first-order valence-electron chi connectivity index (χ1n) is 5.15. The Bertz CT molecular complexity index is 510. The van der Waals surface area contributed by atoms with Gasteiger partial charge in [0.05, 0.1) is 12.5 Å². The topological polar surface area (TPSA) is 55.3 Å². The average Bonchev–Trinajstić information content (AvgIpc) is 2.82. The summed E-state index contributed by atoms with van der Waals surface area (Å²) in [5.41, 5.74) is 7.50. The molecule has 0 spiro atoms. The average molecular weight is 247 g/mol. The summed E-state index contributed by atoms with van der Waals surface area (Å²) in [6.07, 6.45) is 5.08. The van der Waals surface area contributed by atoms with Crippen molar-refractivity contribution in [2.45, 2.75) is 6.54 Å². The lowest BCUT2D eigenvalue weighted by molar-refractivity contribution is 0.563. The van der Waals surface area contributed by atoms with Gasteiger partial charge in [-0.15, -0.1) is 0 Å². The molecule has 0 unspecified atom stereocenters. The summed E-state index contributed by atoms with van der Waals surface area (Å²) in [4.78, 5) is 6.67. The minimum Gasteiger partial charge on any atom is -0.472 e. The van der Waals surface area contributed by atoms with Crippen molar-refractivity contribution in [1.29, 1.82) is 0 Å². The first-order valence-corrected chi connectivity index (χ1v) is 5.55. The predicted octanol–water partition coefficient (Wildman–Crippen LogP) is 1.95. The van der Waals surface area contributed by atoms with Crippen molar-refractivity contribution in [3.8, 4) is 0 Å². The van der Waals surface area contributed by atoms with Crippen LogP contribution in [0, 0.1) is 0 Å². The molecule has 2 heterocycles. The van der Waals surface area contributed by atoms with Gasteiger partial charge in [0, 0.05) is 30.9 Å². The molecule has 0 aromatic carbocycles. The van der Waals surface area contributed by atoms with Gasteiger partial charge < -0.3 is 15.1 Å². The fourth-order valence-corrected chi connectivity index (χ4v) is 1.64. The van der Waals surface area contributed by atoms with E-state index in [0.29, 0.717) is 4.99 Å². The molecular weight excluding hydrogens is 234 g/mol. The zero-order valence-electron chi connectivity index (χ0n) is 9.46. The van der Waals surface area contributed by atoms with Crippen molar-refractivity contribution >= 4 is 23.0 Å². The van der Waals surface area contributed by atoms with Crippen molar-refractivity contribution in [2.24, 2.45) is 5.73 Å². The molecule has 2 rings (SSSR count). The number of nitrogens with zero attached hydrogens (tertiary/aromatic N) is 2. The molecule has 2 N–H and O–H groups in total. The third-order valence-electron chi connectivity index (χ3n) is 2.42. The van der Waals surface area contributed by atoms with Gasteiger partial charge in [-0.25, -0.2) is 4.98 Å². The van der Waals surface area contributed by atoms with E-state index in [1.165, 1.54) is 0 Å². The van der Waals surface area contributed by atoms with Crippen LogP contribution in [0.3, 0.4) is 0 Å². The molecule has 5 heteroatoms. The Balaban J connectivity index is 2.16. The smallest absolute Gasteiger partial charge is 0.129 e. The molecule has 0 radical (unpaired) electrons. The van der Waals surface area contributed by atoms with Crippen molar-refractivity contribution in [2.75, 3.05) is 11.9 Å². The fourth-order valence-electron chi connectivity index (χ4n) is 1.52. The van der Waals surface area contributed by atoms with E-state index in [-0.39, 0.29) is 0 Å². The summed E-state index contributed by atoms with van der Waals surface area (Å²) in [6, 6.07) is 5.61. The maximum Gasteiger partial charge on any atom is 0.129 e. The summed E-state index contributed by atoms with van der Waals surface area (Å²) >= 11 is 4.94. The SMILES string of the molecule is CN(Cc1ccoc1)c1cc(C(N)=S)ccn1. The molecule has 0 amide bonds. The molecule has 0 bridgehead atoms. The Labute approximate surface area is 105 Å². The number of thiocarbonyl (C=S) groups is 1.